The summed E-state index contributed by atoms with van der Waals surface area (Å²) in [6, 6.07) is 0. The van der Waals surface area contributed by atoms with Gasteiger partial charge >= 0.3 is 5.69 Å². The van der Waals surface area contributed by atoms with Gasteiger partial charge < -0.3 is 20.7 Å². The summed E-state index contributed by atoms with van der Waals surface area (Å²) in [6.45, 7) is 0.936. The topological polar surface area (TPSA) is 130 Å². The smallest absolute Gasteiger partial charge is 0.351 e. The number of ether oxygens (including phenoxy) is 1. The van der Waals surface area contributed by atoms with Crippen molar-refractivity contribution in [2.24, 2.45) is 0 Å². The number of nitrogens with zero attached hydrogens (tertiary/aromatic N) is 2. The van der Waals surface area contributed by atoms with E-state index < -0.39 is 36.8 Å². The average Bonchev–Trinajstić information content (AvgIpc) is 2.61. The van der Waals surface area contributed by atoms with Gasteiger partial charge in [-0.3, -0.25) is 4.57 Å². The third-order valence-electron chi connectivity index (χ3n) is 2.95. The second-order valence-electron chi connectivity index (χ2n) is 4.21. The number of nitrogens with two attached hydrogens (primary N) is 1. The number of aryl methyl sites for hydroxylation is 1. The summed E-state index contributed by atoms with van der Waals surface area (Å²) < 4.78 is 6.19. The molecule has 1 aromatic rings. The fourth-order valence-corrected chi connectivity index (χ4v) is 1.86. The first-order valence-corrected chi connectivity index (χ1v) is 5.40. The van der Waals surface area contributed by atoms with E-state index in [1.54, 1.807) is 6.92 Å². The number of aliphatic hydroxyl groups excluding tert-OH is 2. The van der Waals surface area contributed by atoms with Gasteiger partial charge in [-0.05, 0) is 6.92 Å². The number of hydrogen-bond acceptors (Lipinski definition) is 6. The lowest BCUT2D eigenvalue weighted by Crippen LogP contribution is -2.36. The summed E-state index contributed by atoms with van der Waals surface area (Å²) in [5, 5.41) is 30.1. The minimum absolute atomic E-state index is 0.0876. The first-order chi connectivity index (χ1) is 8.45. The predicted octanol–water partition coefficient (Wildman–Crippen LogP) is -1.82. The molecule has 1 aliphatic heterocycles. The standard InChI is InChI=1S/C10H14N3O5/c1-4-2-13(10(17)12-8(4)11)9-7(16)6(15)5(3-14)18-9/h2,5-7,9,15-16H,3H2,1H3,(H2,11,12,17)/t5-,6-,7-,9-/m1/s1. The van der Waals surface area contributed by atoms with Crippen molar-refractivity contribution in [3.8, 4) is 0 Å². The zero-order chi connectivity index (χ0) is 13.4. The number of nitrogen functional groups attached to an aromatic ring is 1. The largest absolute Gasteiger partial charge is 0.387 e. The van der Waals surface area contributed by atoms with Gasteiger partial charge in [0.05, 0.1) is 0 Å². The van der Waals surface area contributed by atoms with Crippen LogP contribution in [0.3, 0.4) is 0 Å². The molecule has 1 aromatic heterocycles. The van der Waals surface area contributed by atoms with Gasteiger partial charge in [0.2, 0.25) is 0 Å². The minimum atomic E-state index is -1.36. The zero-order valence-electron chi connectivity index (χ0n) is 9.68. The van der Waals surface area contributed by atoms with Crippen LogP contribution in [0.4, 0.5) is 5.82 Å². The van der Waals surface area contributed by atoms with E-state index >= 15 is 0 Å². The molecule has 0 aliphatic carbocycles. The highest BCUT2D eigenvalue weighted by molar-refractivity contribution is 5.35. The van der Waals surface area contributed by atoms with Crippen molar-refractivity contribution < 1.29 is 20.1 Å². The minimum Gasteiger partial charge on any atom is -0.387 e. The zero-order valence-corrected chi connectivity index (χ0v) is 9.68. The number of aromatic nitrogens is 2. The quantitative estimate of drug-likeness (QED) is 0.571. The Morgan fingerprint density at radius 2 is 2.17 bits per heavy atom. The molecule has 0 unspecified atom stereocenters. The summed E-state index contributed by atoms with van der Waals surface area (Å²) in [4.78, 5) is 15.2. The van der Waals surface area contributed by atoms with Crippen molar-refractivity contribution in [3.63, 3.8) is 0 Å². The Morgan fingerprint density at radius 3 is 2.72 bits per heavy atom. The van der Waals surface area contributed by atoms with E-state index in [0.717, 1.165) is 4.57 Å². The molecule has 99 valence electrons. The highest BCUT2D eigenvalue weighted by Crippen LogP contribution is 2.28. The van der Waals surface area contributed by atoms with Crippen molar-refractivity contribution in [3.05, 3.63) is 22.2 Å². The van der Waals surface area contributed by atoms with Gasteiger partial charge in [0.25, 0.3) is 0 Å². The number of aliphatic hydroxyl groups is 2. The van der Waals surface area contributed by atoms with Crippen LogP contribution >= 0.6 is 0 Å². The molecular formula is C10H14N3O5. The molecule has 4 N–H and O–H groups in total. The third kappa shape index (κ3) is 1.99. The summed E-state index contributed by atoms with van der Waals surface area (Å²) in [6.07, 6.45) is -3.48. The first kappa shape index (κ1) is 13.0. The molecule has 0 saturated carbocycles. The van der Waals surface area contributed by atoms with Gasteiger partial charge in [-0.25, -0.2) is 9.90 Å². The van der Waals surface area contributed by atoms with Gasteiger partial charge in [0, 0.05) is 11.8 Å². The molecule has 1 radical (unpaired) electrons. The van der Waals surface area contributed by atoms with E-state index in [9.17, 15) is 20.1 Å². The molecule has 8 nitrogen and oxygen atoms in total. The maximum Gasteiger partial charge on any atom is 0.351 e. The molecule has 0 aromatic carbocycles. The van der Waals surface area contributed by atoms with Gasteiger partial charge in [-0.1, -0.05) is 0 Å². The summed E-state index contributed by atoms with van der Waals surface area (Å²) in [5.41, 5.74) is 5.30. The van der Waals surface area contributed by atoms with Crippen LogP contribution in [0.25, 0.3) is 0 Å². The number of anilines is 1. The molecule has 0 spiro atoms. The van der Waals surface area contributed by atoms with E-state index in [4.69, 9.17) is 10.5 Å². The Bertz CT molecular complexity index is 503. The second kappa shape index (κ2) is 4.65. The molecule has 2 heterocycles. The monoisotopic (exact) mass is 256 g/mol. The molecule has 0 amide bonds. The Balaban J connectivity index is 2.39. The highest BCUT2D eigenvalue weighted by Gasteiger charge is 2.44. The van der Waals surface area contributed by atoms with Crippen molar-refractivity contribution in [2.45, 2.75) is 31.5 Å². The molecule has 1 saturated heterocycles. The first-order valence-electron chi connectivity index (χ1n) is 5.40. The van der Waals surface area contributed by atoms with Crippen molar-refractivity contribution in [2.75, 3.05) is 12.3 Å². The molecule has 1 fully saturated rings. The Labute approximate surface area is 102 Å². The molecule has 0 bridgehead atoms. The number of hydrogen-bond donors (Lipinski definition) is 3. The van der Waals surface area contributed by atoms with Crippen LogP contribution < -0.4 is 11.4 Å². The molecule has 4 atom stereocenters. The second-order valence-corrected chi connectivity index (χ2v) is 4.21. The molecular weight excluding hydrogens is 242 g/mol. The molecule has 1 aliphatic rings. The maximum absolute atomic E-state index is 11.6. The lowest BCUT2D eigenvalue weighted by atomic mass is 10.1. The maximum atomic E-state index is 11.6. The van der Waals surface area contributed by atoms with Crippen LogP contribution in [-0.4, -0.2) is 44.7 Å². The summed E-state index contributed by atoms with van der Waals surface area (Å²) >= 11 is 0. The molecule has 8 heteroatoms. The van der Waals surface area contributed by atoms with Crippen LogP contribution in [0.1, 0.15) is 11.8 Å². The fourth-order valence-electron chi connectivity index (χ4n) is 1.86. The summed E-state index contributed by atoms with van der Waals surface area (Å²) in [7, 11) is 0. The van der Waals surface area contributed by atoms with Crippen LogP contribution in [0.5, 0.6) is 0 Å². The van der Waals surface area contributed by atoms with E-state index in [1.165, 1.54) is 6.20 Å². The normalized spacial score (nSPS) is 31.8. The van der Waals surface area contributed by atoms with Crippen LogP contribution in [0.2, 0.25) is 0 Å². The van der Waals surface area contributed by atoms with E-state index in [0.29, 0.717) is 5.56 Å². The SMILES string of the molecule is Cc1cn([C@@H]2O[C@H](C[O])[C@@H](O)[C@H]2O)c(=O)nc1N. The molecule has 2 rings (SSSR count). The van der Waals surface area contributed by atoms with Gasteiger partial charge in [0.15, 0.2) is 6.23 Å². The summed E-state index contributed by atoms with van der Waals surface area (Å²) in [5.74, 6) is 0.0876. The van der Waals surface area contributed by atoms with Crippen LogP contribution in [0.15, 0.2) is 11.0 Å². The van der Waals surface area contributed by atoms with Crippen LogP contribution in [-0.2, 0) is 9.84 Å². The Hall–Kier alpha value is -1.48. The Morgan fingerprint density at radius 1 is 1.50 bits per heavy atom. The van der Waals surface area contributed by atoms with E-state index in [1.807, 2.05) is 0 Å². The van der Waals surface area contributed by atoms with Crippen molar-refractivity contribution >= 4 is 5.82 Å². The fraction of sp³-hybridized carbons (Fsp3) is 0.600. The van der Waals surface area contributed by atoms with E-state index in [2.05, 4.69) is 4.98 Å². The van der Waals surface area contributed by atoms with Crippen molar-refractivity contribution in [1.29, 1.82) is 0 Å². The van der Waals surface area contributed by atoms with E-state index in [-0.39, 0.29) is 5.82 Å². The predicted molar refractivity (Wildman–Crippen MR) is 59.1 cm³/mol. The highest BCUT2D eigenvalue weighted by atomic mass is 16.6. The van der Waals surface area contributed by atoms with Gasteiger partial charge in [-0.2, -0.15) is 4.98 Å². The third-order valence-corrected chi connectivity index (χ3v) is 2.95. The molecule has 18 heavy (non-hydrogen) atoms. The van der Waals surface area contributed by atoms with Gasteiger partial charge in [-0.15, -0.1) is 0 Å². The van der Waals surface area contributed by atoms with Crippen LogP contribution in [0, 0.1) is 6.92 Å². The average molecular weight is 256 g/mol. The Kier molecular flexibility index (Phi) is 3.35. The lowest BCUT2D eigenvalue weighted by Gasteiger charge is -2.17. The van der Waals surface area contributed by atoms with Gasteiger partial charge in [0.1, 0.15) is 30.7 Å². The van der Waals surface area contributed by atoms with Crippen molar-refractivity contribution in [1.82, 2.24) is 9.55 Å². The lowest BCUT2D eigenvalue weighted by molar-refractivity contribution is -0.0655. The number of rotatable bonds is 2.